The van der Waals surface area contributed by atoms with E-state index >= 15 is 0 Å². The van der Waals surface area contributed by atoms with Crippen LogP contribution in [0, 0.1) is 10.1 Å². The van der Waals surface area contributed by atoms with Crippen LogP contribution in [0.3, 0.4) is 0 Å². The summed E-state index contributed by atoms with van der Waals surface area (Å²) in [5.41, 5.74) is 1.02. The van der Waals surface area contributed by atoms with Crippen LogP contribution in [0.25, 0.3) is 11.3 Å². The topological polar surface area (TPSA) is 116 Å². The Hall–Kier alpha value is -4.01. The molecule has 1 atom stereocenters. The number of hydrogen-bond acceptors (Lipinski definition) is 6. The number of anilines is 1. The van der Waals surface area contributed by atoms with Gasteiger partial charge < -0.3 is 10.1 Å². The lowest BCUT2D eigenvalue weighted by atomic mass is 10.1. The number of aromatic nitrogens is 2. The molecule has 3 rings (SSSR count). The van der Waals surface area contributed by atoms with Crippen LogP contribution in [0.1, 0.15) is 13.0 Å². The third kappa shape index (κ3) is 4.29. The lowest BCUT2D eigenvalue weighted by molar-refractivity contribution is -0.384. The predicted molar refractivity (Wildman–Crippen MR) is 107 cm³/mol. The fraction of sp³-hybridized carbons (Fsp3) is 0.150. The molecule has 1 unspecified atom stereocenters. The number of benzene rings is 2. The molecular formula is C20H18N4O5. The number of ether oxygens (including phenoxy) is 1. The van der Waals surface area contributed by atoms with E-state index in [1.807, 2.05) is 30.3 Å². The fourth-order valence-corrected chi connectivity index (χ4v) is 2.71. The first-order valence-corrected chi connectivity index (χ1v) is 8.69. The van der Waals surface area contributed by atoms with Crippen molar-refractivity contribution >= 4 is 17.3 Å². The molecule has 1 N–H and O–H groups in total. The number of carbonyl (C=O) groups is 1. The fourth-order valence-electron chi connectivity index (χ4n) is 2.71. The molecule has 148 valence electrons. The van der Waals surface area contributed by atoms with Gasteiger partial charge in [-0.25, -0.2) is 4.68 Å². The van der Waals surface area contributed by atoms with E-state index in [-0.39, 0.29) is 17.1 Å². The van der Waals surface area contributed by atoms with E-state index in [9.17, 15) is 19.7 Å². The Labute approximate surface area is 165 Å². The summed E-state index contributed by atoms with van der Waals surface area (Å²) in [7, 11) is 1.34. The van der Waals surface area contributed by atoms with Crippen molar-refractivity contribution in [2.75, 3.05) is 12.4 Å². The van der Waals surface area contributed by atoms with Crippen molar-refractivity contribution in [1.29, 1.82) is 0 Å². The third-order valence-corrected chi connectivity index (χ3v) is 4.29. The van der Waals surface area contributed by atoms with Gasteiger partial charge in [0.2, 0.25) is 5.91 Å². The highest BCUT2D eigenvalue weighted by molar-refractivity contribution is 5.95. The molecule has 9 heteroatoms. The van der Waals surface area contributed by atoms with Crippen LogP contribution < -0.4 is 15.6 Å². The van der Waals surface area contributed by atoms with E-state index in [1.165, 1.54) is 38.3 Å². The molecule has 9 nitrogen and oxygen atoms in total. The van der Waals surface area contributed by atoms with Gasteiger partial charge in [-0.3, -0.25) is 19.7 Å². The first-order valence-electron chi connectivity index (χ1n) is 8.69. The van der Waals surface area contributed by atoms with Crippen LogP contribution in [0.2, 0.25) is 0 Å². The van der Waals surface area contributed by atoms with Crippen molar-refractivity contribution in [3.05, 3.63) is 81.1 Å². The highest BCUT2D eigenvalue weighted by Crippen LogP contribution is 2.29. The zero-order chi connectivity index (χ0) is 21.0. The highest BCUT2D eigenvalue weighted by Gasteiger charge is 2.20. The van der Waals surface area contributed by atoms with E-state index in [1.54, 1.807) is 6.07 Å². The Morgan fingerprint density at radius 2 is 1.90 bits per heavy atom. The van der Waals surface area contributed by atoms with Crippen molar-refractivity contribution in [1.82, 2.24) is 9.78 Å². The molecule has 0 aliphatic heterocycles. The van der Waals surface area contributed by atoms with Crippen LogP contribution in [-0.2, 0) is 4.79 Å². The SMILES string of the molecule is COc1cc([N+](=O)[O-])ccc1NC(=O)C(C)n1nc(-c2ccccc2)ccc1=O. The van der Waals surface area contributed by atoms with E-state index in [2.05, 4.69) is 10.4 Å². The van der Waals surface area contributed by atoms with Crippen LogP contribution in [-0.4, -0.2) is 27.7 Å². The molecule has 0 saturated heterocycles. The molecule has 0 saturated carbocycles. The molecule has 1 aromatic heterocycles. The van der Waals surface area contributed by atoms with Crippen LogP contribution >= 0.6 is 0 Å². The smallest absolute Gasteiger partial charge is 0.273 e. The molecule has 0 radical (unpaired) electrons. The molecule has 3 aromatic rings. The first kappa shape index (κ1) is 19.7. The number of amides is 1. The van der Waals surface area contributed by atoms with Crippen LogP contribution in [0.15, 0.2) is 65.5 Å². The molecule has 0 fully saturated rings. The van der Waals surface area contributed by atoms with Gasteiger partial charge in [-0.15, -0.1) is 0 Å². The minimum absolute atomic E-state index is 0.137. The summed E-state index contributed by atoms with van der Waals surface area (Å²) in [5.74, 6) is -0.380. The van der Waals surface area contributed by atoms with Gasteiger partial charge in [0, 0.05) is 17.7 Å². The summed E-state index contributed by atoms with van der Waals surface area (Å²) in [6.07, 6.45) is 0. The normalized spacial score (nSPS) is 11.5. The second-order valence-corrected chi connectivity index (χ2v) is 6.17. The van der Waals surface area contributed by atoms with E-state index in [0.29, 0.717) is 5.69 Å². The number of nitro groups is 1. The van der Waals surface area contributed by atoms with Gasteiger partial charge in [-0.2, -0.15) is 5.10 Å². The zero-order valence-corrected chi connectivity index (χ0v) is 15.7. The minimum Gasteiger partial charge on any atom is -0.494 e. The summed E-state index contributed by atoms with van der Waals surface area (Å²) < 4.78 is 6.21. The Morgan fingerprint density at radius 1 is 1.17 bits per heavy atom. The summed E-state index contributed by atoms with van der Waals surface area (Å²) in [6.45, 7) is 1.54. The second kappa shape index (κ2) is 8.34. The third-order valence-electron chi connectivity index (χ3n) is 4.29. The number of non-ortho nitro benzene ring substituents is 1. The standard InChI is InChI=1S/C20H18N4O5/c1-13(20(26)21-17-9-8-15(24(27)28)12-18(17)29-2)23-19(25)11-10-16(22-23)14-6-4-3-5-7-14/h3-13H,1-2H3,(H,21,26). The zero-order valence-electron chi connectivity index (χ0n) is 15.7. The van der Waals surface area contributed by atoms with E-state index in [0.717, 1.165) is 10.2 Å². The monoisotopic (exact) mass is 394 g/mol. The van der Waals surface area contributed by atoms with Gasteiger partial charge in [0.05, 0.1) is 29.5 Å². The van der Waals surface area contributed by atoms with Gasteiger partial charge >= 0.3 is 0 Å². The number of nitrogens with one attached hydrogen (secondary N) is 1. The molecule has 0 spiro atoms. The molecule has 0 bridgehead atoms. The molecule has 29 heavy (non-hydrogen) atoms. The number of methoxy groups -OCH3 is 1. The maximum Gasteiger partial charge on any atom is 0.273 e. The van der Waals surface area contributed by atoms with Crippen molar-refractivity contribution in [2.24, 2.45) is 0 Å². The van der Waals surface area contributed by atoms with E-state index in [4.69, 9.17) is 4.74 Å². The number of nitrogens with zero attached hydrogens (tertiary/aromatic N) is 3. The van der Waals surface area contributed by atoms with Gasteiger partial charge in [-0.05, 0) is 19.1 Å². The Morgan fingerprint density at radius 3 is 2.55 bits per heavy atom. The Kier molecular flexibility index (Phi) is 5.68. The summed E-state index contributed by atoms with van der Waals surface area (Å²) in [5, 5.41) is 17.8. The molecule has 2 aromatic carbocycles. The van der Waals surface area contributed by atoms with Crippen molar-refractivity contribution < 1.29 is 14.5 Å². The average Bonchev–Trinajstić information content (AvgIpc) is 2.74. The predicted octanol–water partition coefficient (Wildman–Crippen LogP) is 3.03. The number of carbonyl (C=O) groups excluding carboxylic acids is 1. The first-order chi connectivity index (χ1) is 13.9. The molecule has 1 amide bonds. The van der Waals surface area contributed by atoms with Gasteiger partial charge in [0.25, 0.3) is 11.2 Å². The largest absolute Gasteiger partial charge is 0.494 e. The van der Waals surface area contributed by atoms with Gasteiger partial charge in [0.1, 0.15) is 11.8 Å². The molecule has 1 heterocycles. The summed E-state index contributed by atoms with van der Waals surface area (Å²) in [6, 6.07) is 15.1. The Balaban J connectivity index is 1.87. The lowest BCUT2D eigenvalue weighted by Gasteiger charge is -2.16. The van der Waals surface area contributed by atoms with Gasteiger partial charge in [-0.1, -0.05) is 30.3 Å². The van der Waals surface area contributed by atoms with Crippen molar-refractivity contribution in [3.63, 3.8) is 0 Å². The average molecular weight is 394 g/mol. The number of rotatable bonds is 6. The van der Waals surface area contributed by atoms with Crippen LogP contribution in [0.5, 0.6) is 5.75 Å². The maximum atomic E-state index is 12.7. The Bertz CT molecular complexity index is 1110. The molecule has 0 aliphatic carbocycles. The quantitative estimate of drug-likeness (QED) is 0.507. The minimum atomic E-state index is -0.925. The van der Waals surface area contributed by atoms with Crippen LogP contribution in [0.4, 0.5) is 11.4 Å². The highest BCUT2D eigenvalue weighted by atomic mass is 16.6. The van der Waals surface area contributed by atoms with Gasteiger partial charge in [0.15, 0.2) is 0 Å². The molecule has 0 aliphatic rings. The second-order valence-electron chi connectivity index (χ2n) is 6.17. The van der Waals surface area contributed by atoms with E-state index < -0.39 is 22.4 Å². The summed E-state index contributed by atoms with van der Waals surface area (Å²) in [4.78, 5) is 35.3. The summed E-state index contributed by atoms with van der Waals surface area (Å²) >= 11 is 0. The number of nitro benzene ring substituents is 1. The van der Waals surface area contributed by atoms with Crippen molar-refractivity contribution in [2.45, 2.75) is 13.0 Å². The maximum absolute atomic E-state index is 12.7. The van der Waals surface area contributed by atoms with Crippen molar-refractivity contribution in [3.8, 4) is 17.0 Å². The molecular weight excluding hydrogens is 376 g/mol. The lowest BCUT2D eigenvalue weighted by Crippen LogP contribution is -2.33. The number of hydrogen-bond donors (Lipinski definition) is 1.